The molecule has 0 radical (unpaired) electrons. The first-order chi connectivity index (χ1) is 15.3. The van der Waals surface area contributed by atoms with Gasteiger partial charge in [-0.3, -0.25) is 0 Å². The summed E-state index contributed by atoms with van der Waals surface area (Å²) in [6.07, 6.45) is 18.6. The summed E-state index contributed by atoms with van der Waals surface area (Å²) in [5, 5.41) is 9.85. The smallest absolute Gasteiger partial charge is 0.0681 e. The lowest BCUT2D eigenvalue weighted by atomic mass is 9.70. The fourth-order valence-electron chi connectivity index (χ4n) is 5.68. The zero-order valence-corrected chi connectivity index (χ0v) is 20.1. The second kappa shape index (κ2) is 12.4. The molecule has 1 aliphatic carbocycles. The van der Waals surface area contributed by atoms with E-state index in [1.807, 2.05) is 0 Å². The summed E-state index contributed by atoms with van der Waals surface area (Å²) in [5.74, 6) is 0. The van der Waals surface area contributed by atoms with Crippen molar-refractivity contribution < 1.29 is 5.11 Å². The second-order valence-corrected chi connectivity index (χ2v) is 9.70. The molecule has 0 saturated heterocycles. The van der Waals surface area contributed by atoms with E-state index in [1.54, 1.807) is 5.56 Å². The number of hydrogen-bond acceptors (Lipinski definition) is 1. The van der Waals surface area contributed by atoms with E-state index < -0.39 is 0 Å². The number of unbranched alkanes of at least 4 members (excludes halogenated alkanes) is 10. The topological polar surface area (TPSA) is 20.2 Å². The van der Waals surface area contributed by atoms with Crippen molar-refractivity contribution in [1.29, 1.82) is 0 Å². The molecule has 2 aromatic rings. The van der Waals surface area contributed by atoms with E-state index in [1.165, 1.54) is 107 Å². The summed E-state index contributed by atoms with van der Waals surface area (Å²) >= 11 is 0. The first-order valence-electron chi connectivity index (χ1n) is 13.1. The molecular weight excluding hydrogens is 376 g/mol. The van der Waals surface area contributed by atoms with Crippen LogP contribution in [0.1, 0.15) is 120 Å². The standard InChI is InChI=1S/C30H44O/c1-3-5-7-9-11-15-21-30(22-16-12-10-8-6-4-2)28-18-14-13-17-26(28)27-20-19-25(24-31)23-29(27)30/h13-14,17-20,23,31H,3-12,15-16,21-22,24H2,1-2H3. The zero-order valence-electron chi connectivity index (χ0n) is 20.1. The van der Waals surface area contributed by atoms with E-state index in [2.05, 4.69) is 56.3 Å². The number of fused-ring (bicyclic) bond motifs is 3. The Morgan fingerprint density at radius 3 is 1.77 bits per heavy atom. The molecule has 0 amide bonds. The second-order valence-electron chi connectivity index (χ2n) is 9.70. The predicted molar refractivity (Wildman–Crippen MR) is 135 cm³/mol. The van der Waals surface area contributed by atoms with Crippen LogP contribution in [0.3, 0.4) is 0 Å². The Morgan fingerprint density at radius 1 is 0.613 bits per heavy atom. The molecular formula is C30H44O. The molecule has 1 N–H and O–H groups in total. The van der Waals surface area contributed by atoms with Gasteiger partial charge in [0.25, 0.3) is 0 Å². The molecule has 0 bridgehead atoms. The fraction of sp³-hybridized carbons (Fsp3) is 0.600. The molecule has 1 nitrogen and oxygen atoms in total. The Balaban J connectivity index is 1.83. The third kappa shape index (κ3) is 5.80. The number of aliphatic hydroxyl groups excluding tert-OH is 1. The number of rotatable bonds is 15. The van der Waals surface area contributed by atoms with Crippen LogP contribution in [0.15, 0.2) is 42.5 Å². The summed E-state index contributed by atoms with van der Waals surface area (Å²) in [5.41, 5.74) is 7.06. The third-order valence-electron chi connectivity index (χ3n) is 7.43. The van der Waals surface area contributed by atoms with Crippen LogP contribution in [0.2, 0.25) is 0 Å². The lowest BCUT2D eigenvalue weighted by Crippen LogP contribution is -2.25. The maximum Gasteiger partial charge on any atom is 0.0681 e. The Kier molecular flexibility index (Phi) is 9.65. The normalized spacial score (nSPS) is 13.9. The van der Waals surface area contributed by atoms with E-state index in [0.717, 1.165) is 5.56 Å². The van der Waals surface area contributed by atoms with Crippen LogP contribution in [0.25, 0.3) is 11.1 Å². The molecule has 170 valence electrons. The van der Waals surface area contributed by atoms with Crippen molar-refractivity contribution in [1.82, 2.24) is 0 Å². The lowest BCUT2D eigenvalue weighted by Gasteiger charge is -2.33. The van der Waals surface area contributed by atoms with E-state index in [0.29, 0.717) is 0 Å². The first-order valence-corrected chi connectivity index (χ1v) is 13.1. The van der Waals surface area contributed by atoms with E-state index >= 15 is 0 Å². The van der Waals surface area contributed by atoms with Crippen LogP contribution >= 0.6 is 0 Å². The molecule has 0 atom stereocenters. The minimum atomic E-state index is 0.132. The molecule has 0 heterocycles. The highest BCUT2D eigenvalue weighted by atomic mass is 16.3. The van der Waals surface area contributed by atoms with Gasteiger partial charge in [-0.05, 0) is 40.7 Å². The van der Waals surface area contributed by atoms with Crippen molar-refractivity contribution in [3.05, 3.63) is 59.2 Å². The number of hydrogen-bond donors (Lipinski definition) is 1. The third-order valence-corrected chi connectivity index (χ3v) is 7.43. The highest BCUT2D eigenvalue weighted by Crippen LogP contribution is 2.54. The maximum atomic E-state index is 9.85. The number of aliphatic hydroxyl groups is 1. The van der Waals surface area contributed by atoms with E-state index in [9.17, 15) is 5.11 Å². The van der Waals surface area contributed by atoms with Gasteiger partial charge < -0.3 is 5.11 Å². The maximum absolute atomic E-state index is 9.85. The van der Waals surface area contributed by atoms with Crippen LogP contribution in [0, 0.1) is 0 Å². The van der Waals surface area contributed by atoms with Crippen LogP contribution < -0.4 is 0 Å². The molecule has 0 saturated carbocycles. The van der Waals surface area contributed by atoms with Gasteiger partial charge in [-0.15, -0.1) is 0 Å². The summed E-state index contributed by atoms with van der Waals surface area (Å²) < 4.78 is 0. The SMILES string of the molecule is CCCCCCCCC1(CCCCCCCC)c2ccccc2-c2ccc(CO)cc21. The molecule has 1 aliphatic rings. The molecule has 31 heavy (non-hydrogen) atoms. The largest absolute Gasteiger partial charge is 0.392 e. The zero-order chi connectivity index (χ0) is 21.9. The molecule has 0 fully saturated rings. The molecule has 0 spiro atoms. The molecule has 1 heteroatoms. The van der Waals surface area contributed by atoms with E-state index in [-0.39, 0.29) is 12.0 Å². The van der Waals surface area contributed by atoms with Crippen LogP contribution in [-0.2, 0) is 12.0 Å². The number of benzene rings is 2. The van der Waals surface area contributed by atoms with Gasteiger partial charge in [0, 0.05) is 5.41 Å². The Hall–Kier alpha value is -1.60. The van der Waals surface area contributed by atoms with E-state index in [4.69, 9.17) is 0 Å². The van der Waals surface area contributed by atoms with Gasteiger partial charge in [-0.1, -0.05) is 133 Å². The predicted octanol–water partition coefficient (Wildman–Crippen LogP) is 8.95. The minimum absolute atomic E-state index is 0.132. The Labute approximate surface area is 191 Å². The Bertz CT molecular complexity index is 775. The summed E-state index contributed by atoms with van der Waals surface area (Å²) in [4.78, 5) is 0. The highest BCUT2D eigenvalue weighted by Gasteiger charge is 2.42. The first kappa shape index (κ1) is 24.1. The van der Waals surface area contributed by atoms with Gasteiger partial charge in [-0.25, -0.2) is 0 Å². The molecule has 3 rings (SSSR count). The summed E-state index contributed by atoms with van der Waals surface area (Å²) in [6.45, 7) is 4.72. The van der Waals surface area contributed by atoms with Crippen molar-refractivity contribution in [2.75, 3.05) is 0 Å². The van der Waals surface area contributed by atoms with Gasteiger partial charge in [0.05, 0.1) is 6.61 Å². The average molecular weight is 421 g/mol. The lowest BCUT2D eigenvalue weighted by molar-refractivity contribution is 0.281. The van der Waals surface area contributed by atoms with Gasteiger partial charge in [0.15, 0.2) is 0 Å². The summed E-state index contributed by atoms with van der Waals surface area (Å²) in [6, 6.07) is 15.8. The van der Waals surface area contributed by atoms with Crippen molar-refractivity contribution in [2.45, 2.75) is 116 Å². The summed E-state index contributed by atoms with van der Waals surface area (Å²) in [7, 11) is 0. The average Bonchev–Trinajstić information content (AvgIpc) is 3.08. The van der Waals surface area contributed by atoms with Crippen LogP contribution in [-0.4, -0.2) is 5.11 Å². The van der Waals surface area contributed by atoms with Crippen molar-refractivity contribution >= 4 is 0 Å². The van der Waals surface area contributed by atoms with Crippen molar-refractivity contribution in [3.8, 4) is 11.1 Å². The van der Waals surface area contributed by atoms with Crippen LogP contribution in [0.5, 0.6) is 0 Å². The fourth-order valence-corrected chi connectivity index (χ4v) is 5.68. The van der Waals surface area contributed by atoms with Gasteiger partial charge in [0.1, 0.15) is 0 Å². The van der Waals surface area contributed by atoms with Crippen LogP contribution in [0.4, 0.5) is 0 Å². The molecule has 2 aromatic carbocycles. The van der Waals surface area contributed by atoms with Gasteiger partial charge in [-0.2, -0.15) is 0 Å². The quantitative estimate of drug-likeness (QED) is 0.285. The highest BCUT2D eigenvalue weighted by molar-refractivity contribution is 5.81. The van der Waals surface area contributed by atoms with Gasteiger partial charge >= 0.3 is 0 Å². The molecule has 0 aromatic heterocycles. The molecule has 0 unspecified atom stereocenters. The minimum Gasteiger partial charge on any atom is -0.392 e. The Morgan fingerprint density at radius 2 is 1.16 bits per heavy atom. The van der Waals surface area contributed by atoms with Gasteiger partial charge in [0.2, 0.25) is 0 Å². The monoisotopic (exact) mass is 420 g/mol. The van der Waals surface area contributed by atoms with Crippen molar-refractivity contribution in [2.24, 2.45) is 0 Å². The molecule has 0 aliphatic heterocycles. The van der Waals surface area contributed by atoms with Crippen molar-refractivity contribution in [3.63, 3.8) is 0 Å².